The largest absolute Gasteiger partial charge is 0.488 e. The third-order valence-corrected chi connectivity index (χ3v) is 6.07. The number of hydrogen-bond acceptors (Lipinski definition) is 3. The summed E-state index contributed by atoms with van der Waals surface area (Å²) in [6.45, 7) is 6.44. The highest BCUT2D eigenvalue weighted by Gasteiger charge is 2.32. The van der Waals surface area contributed by atoms with Gasteiger partial charge in [-0.15, -0.1) is 0 Å². The molecule has 0 radical (unpaired) electrons. The number of rotatable bonds is 4. The molecule has 0 saturated carbocycles. The molecule has 2 aromatic carbocycles. The number of carbonyl (C=O) groups excluding carboxylic acids is 1. The summed E-state index contributed by atoms with van der Waals surface area (Å²) >= 11 is 0. The van der Waals surface area contributed by atoms with E-state index in [9.17, 15) is 4.79 Å². The first-order valence-electron chi connectivity index (χ1n) is 9.98. The Bertz CT molecular complexity index is 790. The van der Waals surface area contributed by atoms with E-state index in [1.54, 1.807) is 0 Å². The van der Waals surface area contributed by atoms with Crippen molar-refractivity contribution in [1.82, 2.24) is 10.2 Å². The number of nitrogens with one attached hydrogen (secondary N) is 1. The van der Waals surface area contributed by atoms with E-state index in [0.29, 0.717) is 17.9 Å². The van der Waals surface area contributed by atoms with Crippen LogP contribution >= 0.6 is 0 Å². The van der Waals surface area contributed by atoms with Crippen molar-refractivity contribution in [2.75, 3.05) is 26.2 Å². The van der Waals surface area contributed by atoms with Gasteiger partial charge in [0.05, 0.1) is 5.56 Å². The number of nitrogens with zero attached hydrogens (tertiary/aromatic N) is 1. The molecule has 1 amide bonds. The predicted octanol–water partition coefficient (Wildman–Crippen LogP) is 3.65. The fourth-order valence-electron chi connectivity index (χ4n) is 4.29. The predicted molar refractivity (Wildman–Crippen MR) is 107 cm³/mol. The number of likely N-dealkylation sites (tertiary alicyclic amines) is 1. The number of fused-ring (bicyclic) bond motifs is 1. The van der Waals surface area contributed by atoms with Gasteiger partial charge in [-0.2, -0.15) is 0 Å². The first-order valence-corrected chi connectivity index (χ1v) is 9.98. The molecular weight excluding hydrogens is 336 g/mol. The lowest BCUT2D eigenvalue weighted by molar-refractivity contribution is 0.0753. The summed E-state index contributed by atoms with van der Waals surface area (Å²) in [5, 5.41) is 3.49. The molecule has 4 heteroatoms. The van der Waals surface area contributed by atoms with Crippen LogP contribution in [0.5, 0.6) is 5.75 Å². The number of hydrogen-bond donors (Lipinski definition) is 1. The van der Waals surface area contributed by atoms with Gasteiger partial charge in [0.25, 0.3) is 5.91 Å². The van der Waals surface area contributed by atoms with Crippen LogP contribution in [0, 0.1) is 18.8 Å². The number of amides is 1. The van der Waals surface area contributed by atoms with Crippen LogP contribution < -0.4 is 10.1 Å². The van der Waals surface area contributed by atoms with E-state index >= 15 is 0 Å². The van der Waals surface area contributed by atoms with Crippen molar-refractivity contribution in [1.29, 1.82) is 0 Å². The zero-order chi connectivity index (χ0) is 18.6. The van der Waals surface area contributed by atoms with Crippen LogP contribution in [0.3, 0.4) is 0 Å². The van der Waals surface area contributed by atoms with E-state index in [1.165, 1.54) is 5.56 Å². The summed E-state index contributed by atoms with van der Waals surface area (Å²) in [6, 6.07) is 15.9. The van der Waals surface area contributed by atoms with Gasteiger partial charge in [0.1, 0.15) is 12.4 Å². The summed E-state index contributed by atoms with van der Waals surface area (Å²) in [5.74, 6) is 2.21. The molecule has 2 aliphatic rings. The molecule has 0 aromatic heterocycles. The average Bonchev–Trinajstić information content (AvgIpc) is 3.05. The van der Waals surface area contributed by atoms with Crippen molar-refractivity contribution in [2.45, 2.75) is 26.4 Å². The molecule has 2 aliphatic heterocycles. The summed E-state index contributed by atoms with van der Waals surface area (Å²) in [7, 11) is 0. The molecular formula is C23H28N2O2. The number of aryl methyl sites for hydroxylation is 1. The SMILES string of the molecule is Cc1ccccc1COc1ccccc1C(=O)N1CC[C@@H]2CNC[C@@H]2CC1. The van der Waals surface area contributed by atoms with E-state index in [0.717, 1.165) is 56.4 Å². The van der Waals surface area contributed by atoms with Gasteiger partial charge in [0, 0.05) is 13.1 Å². The topological polar surface area (TPSA) is 41.6 Å². The second kappa shape index (κ2) is 8.13. The fourth-order valence-corrected chi connectivity index (χ4v) is 4.29. The third-order valence-electron chi connectivity index (χ3n) is 6.07. The highest BCUT2D eigenvalue weighted by molar-refractivity contribution is 5.97. The standard InChI is InChI=1S/C23H28N2O2/c1-17-6-2-3-7-20(17)16-27-22-9-5-4-8-21(22)23(26)25-12-10-18-14-24-15-19(18)11-13-25/h2-9,18-19,24H,10-16H2,1H3/t18-,19+. The third kappa shape index (κ3) is 4.01. The maximum absolute atomic E-state index is 13.2. The van der Waals surface area contributed by atoms with Crippen LogP contribution in [0.2, 0.25) is 0 Å². The second-order valence-corrected chi connectivity index (χ2v) is 7.76. The first-order chi connectivity index (χ1) is 13.2. The zero-order valence-electron chi connectivity index (χ0n) is 16.0. The van der Waals surface area contributed by atoms with E-state index in [4.69, 9.17) is 4.74 Å². The smallest absolute Gasteiger partial charge is 0.257 e. The number of carbonyl (C=O) groups is 1. The molecule has 0 bridgehead atoms. The lowest BCUT2D eigenvalue weighted by Gasteiger charge is -2.22. The zero-order valence-corrected chi connectivity index (χ0v) is 16.0. The van der Waals surface area contributed by atoms with Gasteiger partial charge in [-0.05, 0) is 68.0 Å². The van der Waals surface area contributed by atoms with Gasteiger partial charge in [0.2, 0.25) is 0 Å². The molecule has 0 spiro atoms. The molecule has 27 heavy (non-hydrogen) atoms. The molecule has 2 atom stereocenters. The van der Waals surface area contributed by atoms with Crippen LogP contribution in [-0.4, -0.2) is 37.0 Å². The quantitative estimate of drug-likeness (QED) is 0.900. The van der Waals surface area contributed by atoms with E-state index < -0.39 is 0 Å². The average molecular weight is 364 g/mol. The molecule has 1 N–H and O–H groups in total. The second-order valence-electron chi connectivity index (χ2n) is 7.76. The Hall–Kier alpha value is -2.33. The van der Waals surface area contributed by atoms with Crippen molar-refractivity contribution in [3.8, 4) is 5.75 Å². The molecule has 4 rings (SSSR count). The van der Waals surface area contributed by atoms with Crippen LogP contribution in [0.4, 0.5) is 0 Å². The van der Waals surface area contributed by atoms with E-state index in [-0.39, 0.29) is 5.91 Å². The molecule has 2 fully saturated rings. The summed E-state index contributed by atoms with van der Waals surface area (Å²) in [6.07, 6.45) is 2.19. The minimum absolute atomic E-state index is 0.100. The van der Waals surface area contributed by atoms with Crippen LogP contribution in [0.15, 0.2) is 48.5 Å². The maximum atomic E-state index is 13.2. The first kappa shape index (κ1) is 18.1. The van der Waals surface area contributed by atoms with Crippen molar-refractivity contribution in [3.63, 3.8) is 0 Å². The Balaban J connectivity index is 1.47. The van der Waals surface area contributed by atoms with Crippen LogP contribution in [-0.2, 0) is 6.61 Å². The summed E-state index contributed by atoms with van der Waals surface area (Å²) < 4.78 is 6.06. The Morgan fingerprint density at radius 3 is 2.44 bits per heavy atom. The van der Waals surface area contributed by atoms with Gasteiger partial charge >= 0.3 is 0 Å². The normalized spacial score (nSPS) is 22.2. The van der Waals surface area contributed by atoms with Gasteiger partial charge in [-0.3, -0.25) is 4.79 Å². The fraction of sp³-hybridized carbons (Fsp3) is 0.435. The lowest BCUT2D eigenvalue weighted by Crippen LogP contribution is -2.33. The van der Waals surface area contributed by atoms with E-state index in [1.807, 2.05) is 41.3 Å². The number of ether oxygens (including phenoxy) is 1. The minimum Gasteiger partial charge on any atom is -0.488 e. The molecule has 2 heterocycles. The number of benzene rings is 2. The Kier molecular flexibility index (Phi) is 5.44. The maximum Gasteiger partial charge on any atom is 0.257 e. The molecule has 4 nitrogen and oxygen atoms in total. The Morgan fingerprint density at radius 1 is 1.04 bits per heavy atom. The van der Waals surface area contributed by atoms with E-state index in [2.05, 4.69) is 24.4 Å². The molecule has 0 aliphatic carbocycles. The molecule has 0 unspecified atom stereocenters. The minimum atomic E-state index is 0.100. The molecule has 2 aromatic rings. The van der Waals surface area contributed by atoms with Crippen molar-refractivity contribution in [3.05, 3.63) is 65.2 Å². The Morgan fingerprint density at radius 2 is 1.70 bits per heavy atom. The van der Waals surface area contributed by atoms with Crippen molar-refractivity contribution < 1.29 is 9.53 Å². The van der Waals surface area contributed by atoms with Gasteiger partial charge in [-0.1, -0.05) is 36.4 Å². The van der Waals surface area contributed by atoms with Gasteiger partial charge in [0.15, 0.2) is 0 Å². The summed E-state index contributed by atoms with van der Waals surface area (Å²) in [5.41, 5.74) is 3.03. The number of para-hydroxylation sites is 1. The van der Waals surface area contributed by atoms with Crippen molar-refractivity contribution in [2.24, 2.45) is 11.8 Å². The highest BCUT2D eigenvalue weighted by Crippen LogP contribution is 2.29. The molecule has 142 valence electrons. The van der Waals surface area contributed by atoms with Crippen LogP contribution in [0.25, 0.3) is 0 Å². The summed E-state index contributed by atoms with van der Waals surface area (Å²) in [4.78, 5) is 15.2. The van der Waals surface area contributed by atoms with Crippen molar-refractivity contribution >= 4 is 5.91 Å². The van der Waals surface area contributed by atoms with Gasteiger partial charge < -0.3 is 15.0 Å². The molecule has 2 saturated heterocycles. The Labute approximate surface area is 161 Å². The highest BCUT2D eigenvalue weighted by atomic mass is 16.5. The lowest BCUT2D eigenvalue weighted by atomic mass is 9.92. The monoisotopic (exact) mass is 364 g/mol. The van der Waals surface area contributed by atoms with Gasteiger partial charge in [-0.25, -0.2) is 0 Å². The van der Waals surface area contributed by atoms with Crippen LogP contribution in [0.1, 0.15) is 34.3 Å².